The fourth-order valence-corrected chi connectivity index (χ4v) is 2.29. The van der Waals surface area contributed by atoms with E-state index in [2.05, 4.69) is 29.6 Å². The highest BCUT2D eigenvalue weighted by atomic mass is 16.3. The Hall–Kier alpha value is -0.900. The van der Waals surface area contributed by atoms with Crippen LogP contribution in [0.2, 0.25) is 0 Å². The summed E-state index contributed by atoms with van der Waals surface area (Å²) in [6.45, 7) is 1.89. The lowest BCUT2D eigenvalue weighted by Crippen LogP contribution is -2.46. The van der Waals surface area contributed by atoms with Gasteiger partial charge in [0.25, 0.3) is 0 Å². The summed E-state index contributed by atoms with van der Waals surface area (Å²) in [5, 5.41) is 22.1. The van der Waals surface area contributed by atoms with Crippen LogP contribution in [0.1, 0.15) is 24.5 Å². The van der Waals surface area contributed by atoms with E-state index in [1.165, 1.54) is 11.1 Å². The lowest BCUT2D eigenvalue weighted by atomic mass is 9.88. The smallest absolute Gasteiger partial charge is 0.0972 e. The Morgan fingerprint density at radius 1 is 1.35 bits per heavy atom. The van der Waals surface area contributed by atoms with Gasteiger partial charge in [-0.1, -0.05) is 24.3 Å². The van der Waals surface area contributed by atoms with Crippen molar-refractivity contribution in [3.8, 4) is 0 Å². The highest BCUT2D eigenvalue weighted by Gasteiger charge is 2.23. The molecule has 1 aromatic rings. The monoisotopic (exact) mass is 235 g/mol. The van der Waals surface area contributed by atoms with Crippen LogP contribution in [-0.4, -0.2) is 35.0 Å². The number of rotatable bonds is 4. The van der Waals surface area contributed by atoms with Crippen LogP contribution in [0.4, 0.5) is 0 Å². The van der Waals surface area contributed by atoms with Crippen molar-refractivity contribution < 1.29 is 10.2 Å². The molecule has 0 spiro atoms. The Morgan fingerprint density at radius 2 is 2.06 bits per heavy atom. The lowest BCUT2D eigenvalue weighted by Gasteiger charge is -2.29. The van der Waals surface area contributed by atoms with Gasteiger partial charge >= 0.3 is 0 Å². The Balaban J connectivity index is 1.90. The van der Waals surface area contributed by atoms with Crippen molar-refractivity contribution in [3.63, 3.8) is 0 Å². The number of aliphatic hydroxyl groups excluding tert-OH is 1. The number of aryl methyl sites for hydroxylation is 1. The Morgan fingerprint density at radius 3 is 2.76 bits per heavy atom. The largest absolute Gasteiger partial charge is 0.393 e. The van der Waals surface area contributed by atoms with E-state index in [1.807, 2.05) is 0 Å². The fraction of sp³-hybridized carbons (Fsp3) is 0.571. The molecule has 0 fully saturated rings. The van der Waals surface area contributed by atoms with E-state index >= 15 is 0 Å². The summed E-state index contributed by atoms with van der Waals surface area (Å²) in [6, 6.07) is 8.93. The van der Waals surface area contributed by atoms with Gasteiger partial charge < -0.3 is 15.5 Å². The van der Waals surface area contributed by atoms with Gasteiger partial charge in [0.2, 0.25) is 0 Å². The van der Waals surface area contributed by atoms with Crippen molar-refractivity contribution in [3.05, 3.63) is 35.4 Å². The minimum atomic E-state index is -1.02. The number of aliphatic hydroxyl groups is 2. The van der Waals surface area contributed by atoms with E-state index in [-0.39, 0.29) is 6.61 Å². The van der Waals surface area contributed by atoms with Gasteiger partial charge in [0.1, 0.15) is 0 Å². The SMILES string of the molecule is CC(O)(CO)CNC1CCc2ccccc2C1. The van der Waals surface area contributed by atoms with Crippen LogP contribution in [-0.2, 0) is 12.8 Å². The van der Waals surface area contributed by atoms with E-state index in [4.69, 9.17) is 5.11 Å². The maximum absolute atomic E-state index is 9.74. The maximum atomic E-state index is 9.74. The van der Waals surface area contributed by atoms with Gasteiger partial charge in [-0.15, -0.1) is 0 Å². The second-order valence-corrected chi connectivity index (χ2v) is 5.24. The molecular weight excluding hydrogens is 214 g/mol. The Bertz CT molecular complexity index is 376. The third-order valence-electron chi connectivity index (χ3n) is 3.46. The summed E-state index contributed by atoms with van der Waals surface area (Å²) >= 11 is 0. The first-order chi connectivity index (χ1) is 8.11. The molecule has 2 unspecified atom stereocenters. The summed E-state index contributed by atoms with van der Waals surface area (Å²) in [6.07, 6.45) is 3.20. The summed E-state index contributed by atoms with van der Waals surface area (Å²) in [5.74, 6) is 0. The molecule has 3 N–H and O–H groups in total. The first-order valence-corrected chi connectivity index (χ1v) is 6.24. The molecule has 1 aliphatic carbocycles. The molecule has 0 heterocycles. The van der Waals surface area contributed by atoms with Crippen LogP contribution >= 0.6 is 0 Å². The highest BCUT2D eigenvalue weighted by molar-refractivity contribution is 5.30. The molecule has 0 aliphatic heterocycles. The fourth-order valence-electron chi connectivity index (χ4n) is 2.29. The third kappa shape index (κ3) is 3.28. The zero-order valence-corrected chi connectivity index (χ0v) is 10.3. The highest BCUT2D eigenvalue weighted by Crippen LogP contribution is 2.21. The van der Waals surface area contributed by atoms with Crippen LogP contribution in [0.15, 0.2) is 24.3 Å². The van der Waals surface area contributed by atoms with Crippen molar-refractivity contribution in [1.29, 1.82) is 0 Å². The molecule has 3 heteroatoms. The average Bonchev–Trinajstić information content (AvgIpc) is 2.36. The Labute approximate surface area is 102 Å². The first-order valence-electron chi connectivity index (χ1n) is 6.24. The molecule has 1 aliphatic rings. The zero-order chi connectivity index (χ0) is 12.3. The van der Waals surface area contributed by atoms with Crippen LogP contribution in [0.3, 0.4) is 0 Å². The molecule has 2 atom stereocenters. The van der Waals surface area contributed by atoms with Gasteiger partial charge in [-0.2, -0.15) is 0 Å². The number of fused-ring (bicyclic) bond motifs is 1. The van der Waals surface area contributed by atoms with E-state index in [0.717, 1.165) is 19.3 Å². The van der Waals surface area contributed by atoms with Crippen molar-refractivity contribution in [2.24, 2.45) is 0 Å². The molecule has 0 amide bonds. The number of hydrogen-bond donors (Lipinski definition) is 3. The van der Waals surface area contributed by atoms with Crippen LogP contribution in [0.25, 0.3) is 0 Å². The average molecular weight is 235 g/mol. The second-order valence-electron chi connectivity index (χ2n) is 5.24. The predicted octanol–water partition coefficient (Wildman–Crippen LogP) is 0.877. The van der Waals surface area contributed by atoms with Gasteiger partial charge in [-0.25, -0.2) is 0 Å². The van der Waals surface area contributed by atoms with Crippen molar-refractivity contribution in [2.45, 2.75) is 37.8 Å². The number of nitrogens with one attached hydrogen (secondary N) is 1. The zero-order valence-electron chi connectivity index (χ0n) is 10.3. The summed E-state index contributed by atoms with van der Waals surface area (Å²) < 4.78 is 0. The topological polar surface area (TPSA) is 52.5 Å². The molecule has 0 saturated heterocycles. The van der Waals surface area contributed by atoms with E-state index in [0.29, 0.717) is 12.6 Å². The number of benzene rings is 1. The van der Waals surface area contributed by atoms with E-state index in [9.17, 15) is 5.11 Å². The molecule has 3 nitrogen and oxygen atoms in total. The van der Waals surface area contributed by atoms with Gasteiger partial charge in [0.15, 0.2) is 0 Å². The van der Waals surface area contributed by atoms with Crippen LogP contribution in [0, 0.1) is 0 Å². The minimum absolute atomic E-state index is 0.205. The second kappa shape index (κ2) is 5.17. The van der Waals surface area contributed by atoms with Crippen LogP contribution < -0.4 is 5.32 Å². The number of hydrogen-bond acceptors (Lipinski definition) is 3. The molecule has 1 aromatic carbocycles. The lowest BCUT2D eigenvalue weighted by molar-refractivity contribution is 0.000444. The van der Waals surface area contributed by atoms with Crippen molar-refractivity contribution in [2.75, 3.05) is 13.2 Å². The van der Waals surface area contributed by atoms with Crippen LogP contribution in [0.5, 0.6) is 0 Å². The van der Waals surface area contributed by atoms with Gasteiger partial charge in [-0.05, 0) is 37.3 Å². The minimum Gasteiger partial charge on any atom is -0.393 e. The third-order valence-corrected chi connectivity index (χ3v) is 3.46. The summed E-state index contributed by atoms with van der Waals surface area (Å²) in [5.41, 5.74) is 1.83. The predicted molar refractivity (Wildman–Crippen MR) is 68.0 cm³/mol. The normalized spacial score (nSPS) is 22.9. The molecule has 94 valence electrons. The molecule has 0 aromatic heterocycles. The molecular formula is C14H21NO2. The van der Waals surface area contributed by atoms with E-state index < -0.39 is 5.60 Å². The quantitative estimate of drug-likeness (QED) is 0.726. The van der Waals surface area contributed by atoms with Gasteiger partial charge in [0.05, 0.1) is 12.2 Å². The van der Waals surface area contributed by atoms with Crippen molar-refractivity contribution in [1.82, 2.24) is 5.32 Å². The molecule has 0 bridgehead atoms. The standard InChI is InChI=1S/C14H21NO2/c1-14(17,10-16)9-15-13-7-6-11-4-2-3-5-12(11)8-13/h2-5,13,15-17H,6-10H2,1H3. The molecule has 17 heavy (non-hydrogen) atoms. The molecule has 0 radical (unpaired) electrons. The van der Waals surface area contributed by atoms with Gasteiger partial charge in [-0.3, -0.25) is 0 Å². The molecule has 0 saturated carbocycles. The molecule has 2 rings (SSSR count). The van der Waals surface area contributed by atoms with Gasteiger partial charge in [0, 0.05) is 12.6 Å². The Kier molecular flexibility index (Phi) is 3.82. The first kappa shape index (κ1) is 12.6. The van der Waals surface area contributed by atoms with Crippen molar-refractivity contribution >= 4 is 0 Å². The maximum Gasteiger partial charge on any atom is 0.0972 e. The summed E-state index contributed by atoms with van der Waals surface area (Å²) in [7, 11) is 0. The summed E-state index contributed by atoms with van der Waals surface area (Å²) in [4.78, 5) is 0. The van der Waals surface area contributed by atoms with E-state index in [1.54, 1.807) is 6.92 Å².